The molecular formula is C22H21F2N5OS2. The van der Waals surface area contributed by atoms with Gasteiger partial charge in [0.25, 0.3) is 0 Å². The molecule has 3 aromatic rings. The van der Waals surface area contributed by atoms with Crippen molar-refractivity contribution in [1.82, 2.24) is 19.7 Å². The van der Waals surface area contributed by atoms with Crippen molar-refractivity contribution in [2.24, 2.45) is 0 Å². The van der Waals surface area contributed by atoms with Crippen LogP contribution in [0.2, 0.25) is 0 Å². The number of thiocarbonyl (C=S) groups is 1. The van der Waals surface area contributed by atoms with Crippen LogP contribution >= 0.6 is 24.0 Å². The third kappa shape index (κ3) is 5.88. The molecule has 1 unspecified atom stereocenters. The molecule has 0 saturated carbocycles. The van der Waals surface area contributed by atoms with Crippen molar-refractivity contribution in [3.63, 3.8) is 0 Å². The molecule has 32 heavy (non-hydrogen) atoms. The van der Waals surface area contributed by atoms with Crippen molar-refractivity contribution in [2.45, 2.75) is 24.8 Å². The fourth-order valence-corrected chi connectivity index (χ4v) is 4.47. The van der Waals surface area contributed by atoms with E-state index >= 15 is 0 Å². The van der Waals surface area contributed by atoms with Crippen molar-refractivity contribution in [1.29, 1.82) is 5.26 Å². The van der Waals surface area contributed by atoms with Gasteiger partial charge in [-0.3, -0.25) is 0 Å². The lowest BCUT2D eigenvalue weighted by Crippen LogP contribution is -2.46. The largest absolute Gasteiger partial charge is 0.381 e. The van der Waals surface area contributed by atoms with Gasteiger partial charge in [-0.05, 0) is 30.7 Å². The maximum absolute atomic E-state index is 14.6. The molecule has 0 saturated heterocycles. The molecule has 0 fully saturated rings. The lowest BCUT2D eigenvalue weighted by molar-refractivity contribution is -0.00542. The first-order chi connectivity index (χ1) is 15.3. The Morgan fingerprint density at radius 1 is 1.31 bits per heavy atom. The van der Waals surface area contributed by atoms with Crippen LogP contribution in [0.1, 0.15) is 23.6 Å². The average Bonchev–Trinajstić information content (AvgIpc) is 3.28. The average molecular weight is 474 g/mol. The standard InChI is InChI=1S/C22H21F2N5OS2/c1-2-28(21(31)32-11-17-5-3-4-16(8-17)10-25)12-22(30,13-29-15-26-14-27-29)19-7-6-18(23)9-20(19)24/h3-9,14-15,30H,2,11-13H2,1H3. The highest BCUT2D eigenvalue weighted by molar-refractivity contribution is 8.22. The second-order valence-electron chi connectivity index (χ2n) is 7.13. The highest BCUT2D eigenvalue weighted by Crippen LogP contribution is 2.29. The lowest BCUT2D eigenvalue weighted by Gasteiger charge is -2.35. The number of aromatic nitrogens is 3. The molecule has 0 aliphatic carbocycles. The molecule has 166 valence electrons. The minimum absolute atomic E-state index is 0.0318. The Labute approximate surface area is 194 Å². The summed E-state index contributed by atoms with van der Waals surface area (Å²) in [4.78, 5) is 5.63. The Balaban J connectivity index is 1.81. The van der Waals surface area contributed by atoms with Gasteiger partial charge in [-0.1, -0.05) is 42.2 Å². The van der Waals surface area contributed by atoms with Gasteiger partial charge >= 0.3 is 0 Å². The van der Waals surface area contributed by atoms with Crippen LogP contribution < -0.4 is 0 Å². The number of rotatable bonds is 8. The van der Waals surface area contributed by atoms with Crippen molar-refractivity contribution in [3.05, 3.63) is 83.4 Å². The maximum atomic E-state index is 14.6. The molecule has 0 radical (unpaired) electrons. The summed E-state index contributed by atoms with van der Waals surface area (Å²) in [7, 11) is 0. The van der Waals surface area contributed by atoms with Crippen LogP contribution in [-0.2, 0) is 17.9 Å². The van der Waals surface area contributed by atoms with Crippen LogP contribution in [0.3, 0.4) is 0 Å². The van der Waals surface area contributed by atoms with E-state index in [0.29, 0.717) is 22.2 Å². The molecule has 6 nitrogen and oxygen atoms in total. The number of halogens is 2. The van der Waals surface area contributed by atoms with Gasteiger partial charge in [-0.15, -0.1) is 0 Å². The Morgan fingerprint density at radius 3 is 2.78 bits per heavy atom. The Bertz CT molecular complexity index is 1120. The zero-order valence-corrected chi connectivity index (χ0v) is 18.9. The minimum Gasteiger partial charge on any atom is -0.381 e. The first-order valence-corrected chi connectivity index (χ1v) is 11.1. The van der Waals surface area contributed by atoms with E-state index in [-0.39, 0.29) is 18.7 Å². The fourth-order valence-electron chi connectivity index (χ4n) is 3.26. The number of thioether (sulfide) groups is 1. The van der Waals surface area contributed by atoms with Gasteiger partial charge in [0.1, 0.15) is 34.2 Å². The quantitative estimate of drug-likeness (QED) is 0.498. The number of aliphatic hydroxyl groups is 1. The van der Waals surface area contributed by atoms with Crippen LogP contribution in [0.15, 0.2) is 55.1 Å². The molecule has 0 aliphatic heterocycles. The van der Waals surface area contributed by atoms with E-state index in [1.165, 1.54) is 35.2 Å². The van der Waals surface area contributed by atoms with Crippen molar-refractivity contribution in [2.75, 3.05) is 13.1 Å². The molecule has 1 heterocycles. The third-order valence-electron chi connectivity index (χ3n) is 4.83. The molecular weight excluding hydrogens is 452 g/mol. The molecule has 0 aliphatic rings. The second kappa shape index (κ2) is 10.6. The molecule has 2 aromatic carbocycles. The monoisotopic (exact) mass is 473 g/mol. The Kier molecular flexibility index (Phi) is 7.90. The fraction of sp³-hybridized carbons (Fsp3) is 0.273. The molecule has 1 atom stereocenters. The summed E-state index contributed by atoms with van der Waals surface area (Å²) in [5.41, 5.74) is -0.292. The summed E-state index contributed by atoms with van der Waals surface area (Å²) in [5.74, 6) is -1.04. The third-order valence-corrected chi connectivity index (χ3v) is 6.43. The zero-order valence-electron chi connectivity index (χ0n) is 17.3. The summed E-state index contributed by atoms with van der Waals surface area (Å²) in [6, 6.07) is 12.4. The number of nitriles is 1. The molecule has 1 aromatic heterocycles. The van der Waals surface area contributed by atoms with Crippen LogP contribution in [0.5, 0.6) is 0 Å². The summed E-state index contributed by atoms with van der Waals surface area (Å²) >= 11 is 6.96. The molecule has 0 spiro atoms. The second-order valence-corrected chi connectivity index (χ2v) is 8.74. The number of nitrogens with zero attached hydrogens (tertiary/aromatic N) is 5. The number of likely N-dealkylation sites (N-methyl/N-ethyl adjacent to an activating group) is 1. The van der Waals surface area contributed by atoms with Crippen LogP contribution in [0, 0.1) is 23.0 Å². The highest BCUT2D eigenvalue weighted by atomic mass is 32.2. The minimum atomic E-state index is -1.74. The predicted molar refractivity (Wildman–Crippen MR) is 123 cm³/mol. The predicted octanol–water partition coefficient (Wildman–Crippen LogP) is 3.86. The van der Waals surface area contributed by atoms with Gasteiger partial charge in [0.2, 0.25) is 0 Å². The summed E-state index contributed by atoms with van der Waals surface area (Å²) in [6.07, 6.45) is 2.73. The van der Waals surface area contributed by atoms with Gasteiger partial charge in [0.05, 0.1) is 24.7 Å². The number of benzene rings is 2. The van der Waals surface area contributed by atoms with E-state index < -0.39 is 17.2 Å². The van der Waals surface area contributed by atoms with Crippen molar-refractivity contribution >= 4 is 28.3 Å². The van der Waals surface area contributed by atoms with Gasteiger partial charge < -0.3 is 10.0 Å². The highest BCUT2D eigenvalue weighted by Gasteiger charge is 2.36. The number of hydrogen-bond acceptors (Lipinski definition) is 6. The van der Waals surface area contributed by atoms with Crippen molar-refractivity contribution in [3.8, 4) is 6.07 Å². The zero-order chi connectivity index (χ0) is 23.1. The lowest BCUT2D eigenvalue weighted by atomic mass is 9.92. The first-order valence-electron chi connectivity index (χ1n) is 9.75. The molecule has 1 N–H and O–H groups in total. The van der Waals surface area contributed by atoms with E-state index in [1.54, 1.807) is 17.0 Å². The van der Waals surface area contributed by atoms with E-state index in [1.807, 2.05) is 19.1 Å². The van der Waals surface area contributed by atoms with Gasteiger partial charge in [-0.25, -0.2) is 18.4 Å². The maximum Gasteiger partial charge on any atom is 0.137 e. The van der Waals surface area contributed by atoms with Gasteiger partial charge in [-0.2, -0.15) is 10.4 Å². The van der Waals surface area contributed by atoms with Gasteiger partial charge in [0.15, 0.2) is 0 Å². The van der Waals surface area contributed by atoms with E-state index in [4.69, 9.17) is 17.5 Å². The summed E-state index contributed by atoms with van der Waals surface area (Å²) < 4.78 is 30.0. The Hall–Kier alpha value is -2.87. The van der Waals surface area contributed by atoms with E-state index in [0.717, 1.165) is 17.7 Å². The van der Waals surface area contributed by atoms with Gasteiger partial charge in [0, 0.05) is 23.9 Å². The van der Waals surface area contributed by atoms with E-state index in [9.17, 15) is 13.9 Å². The summed E-state index contributed by atoms with van der Waals surface area (Å²) in [5, 5.41) is 24.6. The van der Waals surface area contributed by atoms with Crippen LogP contribution in [0.25, 0.3) is 0 Å². The smallest absolute Gasteiger partial charge is 0.137 e. The molecule has 0 amide bonds. The van der Waals surface area contributed by atoms with E-state index in [2.05, 4.69) is 16.2 Å². The van der Waals surface area contributed by atoms with Crippen molar-refractivity contribution < 1.29 is 13.9 Å². The number of hydrogen-bond donors (Lipinski definition) is 1. The Morgan fingerprint density at radius 2 is 2.12 bits per heavy atom. The SMILES string of the molecule is CCN(CC(O)(Cn1cncn1)c1ccc(F)cc1F)C(=S)SCc1cccc(C#N)c1. The molecule has 0 bridgehead atoms. The first kappa shape index (κ1) is 23.8. The molecule has 10 heteroatoms. The normalized spacial score (nSPS) is 12.7. The molecule has 3 rings (SSSR count). The van der Waals surface area contributed by atoms with Crippen LogP contribution in [-0.4, -0.2) is 42.2 Å². The summed E-state index contributed by atoms with van der Waals surface area (Å²) in [6.45, 7) is 2.21. The topological polar surface area (TPSA) is 78.0 Å². The van der Waals surface area contributed by atoms with Crippen LogP contribution in [0.4, 0.5) is 8.78 Å².